The molecule has 1 aromatic carbocycles. The predicted octanol–water partition coefficient (Wildman–Crippen LogP) is 3.27. The van der Waals surface area contributed by atoms with Crippen molar-refractivity contribution in [3.8, 4) is 11.5 Å². The van der Waals surface area contributed by atoms with Crippen LogP contribution in [0.3, 0.4) is 0 Å². The Balaban J connectivity index is 3.03. The summed E-state index contributed by atoms with van der Waals surface area (Å²) in [5.41, 5.74) is 8.02. The van der Waals surface area contributed by atoms with Crippen LogP contribution in [0.15, 0.2) is 12.1 Å². The molecule has 2 unspecified atom stereocenters. The lowest BCUT2D eigenvalue weighted by Gasteiger charge is -2.17. The molecule has 0 spiro atoms. The van der Waals surface area contributed by atoms with E-state index in [1.54, 1.807) is 21.1 Å². The quantitative estimate of drug-likeness (QED) is 0.796. The van der Waals surface area contributed by atoms with Crippen molar-refractivity contribution in [1.82, 2.24) is 0 Å². The minimum atomic E-state index is -0.820. The van der Waals surface area contributed by atoms with E-state index in [9.17, 15) is 4.39 Å². The fourth-order valence-electron chi connectivity index (χ4n) is 2.16. The van der Waals surface area contributed by atoms with Crippen molar-refractivity contribution >= 4 is 0 Å². The lowest BCUT2D eigenvalue weighted by atomic mass is 9.98. The summed E-state index contributed by atoms with van der Waals surface area (Å²) in [5.74, 6) is 1.58. The smallest absolute Gasteiger partial charge is 0.122 e. The van der Waals surface area contributed by atoms with E-state index in [-0.39, 0.29) is 6.04 Å². The van der Waals surface area contributed by atoms with E-state index in [4.69, 9.17) is 15.2 Å². The van der Waals surface area contributed by atoms with E-state index in [1.165, 1.54) is 0 Å². The Bertz CT molecular complexity index is 421. The number of aryl methyl sites for hydroxylation is 1. The van der Waals surface area contributed by atoms with Gasteiger partial charge in [0, 0.05) is 6.04 Å². The molecule has 0 aliphatic carbocycles. The summed E-state index contributed by atoms with van der Waals surface area (Å²) in [6.07, 6.45) is 1.95. The fraction of sp³-hybridized carbons (Fsp3) is 0.625. The van der Waals surface area contributed by atoms with Crippen LogP contribution in [0, 0.1) is 0 Å². The highest BCUT2D eigenvalue weighted by Gasteiger charge is 2.14. The standard InChI is InChI=1S/C16H26FNO2/c1-5-14(18)8-13-10-15(19-3)12(7-6-11(2)17)9-16(13)20-4/h9-11,14H,5-8,18H2,1-4H3. The number of halogens is 1. The summed E-state index contributed by atoms with van der Waals surface area (Å²) < 4.78 is 23.9. The molecule has 0 saturated heterocycles. The number of ether oxygens (including phenoxy) is 2. The maximum absolute atomic E-state index is 13.0. The summed E-state index contributed by atoms with van der Waals surface area (Å²) in [6.45, 7) is 3.63. The molecule has 0 amide bonds. The van der Waals surface area contributed by atoms with Gasteiger partial charge in [0.25, 0.3) is 0 Å². The molecule has 1 aromatic rings. The van der Waals surface area contributed by atoms with Gasteiger partial charge in [-0.1, -0.05) is 6.92 Å². The van der Waals surface area contributed by atoms with Gasteiger partial charge in [0.05, 0.1) is 20.4 Å². The van der Waals surface area contributed by atoms with Gasteiger partial charge in [0.1, 0.15) is 11.5 Å². The molecule has 2 atom stereocenters. The normalized spacial score (nSPS) is 13.9. The molecular formula is C16H26FNO2. The van der Waals surface area contributed by atoms with Crippen LogP contribution in [-0.4, -0.2) is 26.4 Å². The van der Waals surface area contributed by atoms with Crippen LogP contribution in [0.2, 0.25) is 0 Å². The average Bonchev–Trinajstić information content (AvgIpc) is 2.44. The summed E-state index contributed by atoms with van der Waals surface area (Å²) >= 11 is 0. The molecule has 1 rings (SSSR count). The first-order valence-electron chi connectivity index (χ1n) is 7.15. The average molecular weight is 283 g/mol. The number of benzene rings is 1. The minimum Gasteiger partial charge on any atom is -0.496 e. The molecule has 20 heavy (non-hydrogen) atoms. The minimum absolute atomic E-state index is 0.102. The van der Waals surface area contributed by atoms with Crippen LogP contribution in [0.4, 0.5) is 4.39 Å². The highest BCUT2D eigenvalue weighted by molar-refractivity contribution is 5.47. The van der Waals surface area contributed by atoms with Crippen molar-refractivity contribution in [2.45, 2.75) is 51.7 Å². The van der Waals surface area contributed by atoms with Gasteiger partial charge < -0.3 is 15.2 Å². The lowest BCUT2D eigenvalue weighted by molar-refractivity contribution is 0.338. The van der Waals surface area contributed by atoms with Crippen LogP contribution in [-0.2, 0) is 12.8 Å². The molecule has 0 radical (unpaired) electrons. The first-order chi connectivity index (χ1) is 9.51. The van der Waals surface area contributed by atoms with Gasteiger partial charge in [-0.05, 0) is 55.9 Å². The number of nitrogens with two attached hydrogens (primary N) is 1. The third-order valence-corrected chi connectivity index (χ3v) is 3.50. The fourth-order valence-corrected chi connectivity index (χ4v) is 2.16. The first kappa shape index (κ1) is 16.8. The van der Waals surface area contributed by atoms with E-state index >= 15 is 0 Å². The summed E-state index contributed by atoms with van der Waals surface area (Å²) in [7, 11) is 3.28. The highest BCUT2D eigenvalue weighted by atomic mass is 19.1. The van der Waals surface area contributed by atoms with Crippen molar-refractivity contribution in [2.24, 2.45) is 5.73 Å². The van der Waals surface area contributed by atoms with Gasteiger partial charge >= 0.3 is 0 Å². The van der Waals surface area contributed by atoms with Crippen LogP contribution in [0.5, 0.6) is 11.5 Å². The molecule has 0 aliphatic heterocycles. The highest BCUT2D eigenvalue weighted by Crippen LogP contribution is 2.31. The second-order valence-corrected chi connectivity index (χ2v) is 5.17. The van der Waals surface area contributed by atoms with Gasteiger partial charge in [0.15, 0.2) is 0 Å². The van der Waals surface area contributed by atoms with Gasteiger partial charge in [-0.3, -0.25) is 0 Å². The van der Waals surface area contributed by atoms with Gasteiger partial charge in [-0.2, -0.15) is 0 Å². The molecule has 0 heterocycles. The monoisotopic (exact) mass is 283 g/mol. The Labute approximate surface area is 121 Å². The van der Waals surface area contributed by atoms with Crippen LogP contribution < -0.4 is 15.2 Å². The molecule has 0 saturated carbocycles. The molecule has 114 valence electrons. The van der Waals surface area contributed by atoms with E-state index < -0.39 is 6.17 Å². The Morgan fingerprint density at radius 3 is 2.20 bits per heavy atom. The Morgan fingerprint density at radius 1 is 1.15 bits per heavy atom. The second-order valence-electron chi connectivity index (χ2n) is 5.17. The number of alkyl halides is 1. The van der Waals surface area contributed by atoms with E-state index in [0.29, 0.717) is 12.8 Å². The topological polar surface area (TPSA) is 44.5 Å². The van der Waals surface area contributed by atoms with Crippen molar-refractivity contribution in [2.75, 3.05) is 14.2 Å². The summed E-state index contributed by atoms with van der Waals surface area (Å²) in [5, 5.41) is 0. The summed E-state index contributed by atoms with van der Waals surface area (Å²) in [4.78, 5) is 0. The predicted molar refractivity (Wildman–Crippen MR) is 80.4 cm³/mol. The van der Waals surface area contributed by atoms with E-state index in [2.05, 4.69) is 6.92 Å². The van der Waals surface area contributed by atoms with Gasteiger partial charge in [-0.25, -0.2) is 4.39 Å². The van der Waals surface area contributed by atoms with Crippen molar-refractivity contribution in [3.63, 3.8) is 0 Å². The summed E-state index contributed by atoms with van der Waals surface area (Å²) in [6, 6.07) is 4.01. The Morgan fingerprint density at radius 2 is 1.70 bits per heavy atom. The number of rotatable bonds is 8. The second kappa shape index (κ2) is 8.10. The van der Waals surface area contributed by atoms with Crippen molar-refractivity contribution in [1.29, 1.82) is 0 Å². The zero-order chi connectivity index (χ0) is 15.1. The van der Waals surface area contributed by atoms with E-state index in [1.807, 2.05) is 12.1 Å². The maximum atomic E-state index is 13.0. The molecule has 0 bridgehead atoms. The Hall–Kier alpha value is -1.29. The molecule has 2 N–H and O–H groups in total. The van der Waals surface area contributed by atoms with Crippen LogP contribution in [0.1, 0.15) is 37.8 Å². The van der Waals surface area contributed by atoms with Gasteiger partial charge in [-0.15, -0.1) is 0 Å². The SMILES string of the molecule is CCC(N)Cc1cc(OC)c(CCC(C)F)cc1OC. The molecule has 3 nitrogen and oxygen atoms in total. The third-order valence-electron chi connectivity index (χ3n) is 3.50. The van der Waals surface area contributed by atoms with E-state index in [0.717, 1.165) is 35.5 Å². The largest absolute Gasteiger partial charge is 0.496 e. The number of methoxy groups -OCH3 is 2. The first-order valence-corrected chi connectivity index (χ1v) is 7.15. The molecule has 4 heteroatoms. The molecule has 0 fully saturated rings. The maximum Gasteiger partial charge on any atom is 0.122 e. The van der Waals surface area contributed by atoms with Gasteiger partial charge in [0.2, 0.25) is 0 Å². The lowest BCUT2D eigenvalue weighted by Crippen LogP contribution is -2.21. The van der Waals surface area contributed by atoms with Crippen LogP contribution in [0.25, 0.3) is 0 Å². The third kappa shape index (κ3) is 4.67. The Kier molecular flexibility index (Phi) is 6.79. The van der Waals surface area contributed by atoms with Crippen LogP contribution >= 0.6 is 0 Å². The van der Waals surface area contributed by atoms with Crippen molar-refractivity contribution < 1.29 is 13.9 Å². The molecule has 0 aliphatic rings. The zero-order valence-corrected chi connectivity index (χ0v) is 12.9. The van der Waals surface area contributed by atoms with Crippen molar-refractivity contribution in [3.05, 3.63) is 23.3 Å². The zero-order valence-electron chi connectivity index (χ0n) is 12.9. The number of hydrogen-bond acceptors (Lipinski definition) is 3. The number of hydrogen-bond donors (Lipinski definition) is 1. The molecule has 0 aromatic heterocycles. The molecular weight excluding hydrogens is 257 g/mol.